The molecule has 0 spiro atoms. The molecule has 2 atom stereocenters. The zero-order valence-electron chi connectivity index (χ0n) is 12.6. The second-order valence-corrected chi connectivity index (χ2v) is 6.16. The van der Waals surface area contributed by atoms with Gasteiger partial charge in [-0.3, -0.25) is 4.79 Å². The molecule has 1 aromatic carbocycles. The predicted octanol–water partition coefficient (Wildman–Crippen LogP) is 2.37. The summed E-state index contributed by atoms with van der Waals surface area (Å²) in [6, 6.07) is 10.2. The van der Waals surface area contributed by atoms with Crippen molar-refractivity contribution in [1.82, 2.24) is 9.55 Å². The molecule has 0 amide bonds. The zero-order valence-corrected chi connectivity index (χ0v) is 18.2. The Morgan fingerprint density at radius 2 is 2.12 bits per heavy atom. The van der Waals surface area contributed by atoms with E-state index in [1.165, 1.54) is 28.6 Å². The Bertz CT molecular complexity index is 756. The molecule has 9 heteroatoms. The molecule has 7 nitrogen and oxygen atoms in total. The SMILES string of the molecule is [Ac].[NH-]c1ccn(C2COC(COC(=O)c3ccccc3)S2)c(=O)n1. The molecular formula is C15H14AcN3O4S-. The van der Waals surface area contributed by atoms with Crippen LogP contribution in [0.25, 0.3) is 5.73 Å². The van der Waals surface area contributed by atoms with Crippen LogP contribution in [0.4, 0.5) is 5.82 Å². The van der Waals surface area contributed by atoms with Crippen LogP contribution in [0.2, 0.25) is 0 Å². The quantitative estimate of drug-likeness (QED) is 0.535. The third-order valence-corrected chi connectivity index (χ3v) is 4.49. The maximum Gasteiger partial charge on any atom is 0.338 e. The van der Waals surface area contributed by atoms with Gasteiger partial charge in [0.15, 0.2) is 0 Å². The van der Waals surface area contributed by atoms with E-state index in [2.05, 4.69) is 4.98 Å². The first kappa shape index (κ1) is 19.4. The average Bonchev–Trinajstić information content (AvgIpc) is 3.02. The van der Waals surface area contributed by atoms with E-state index in [-0.39, 0.29) is 67.3 Å². The first-order valence-electron chi connectivity index (χ1n) is 6.93. The zero-order chi connectivity index (χ0) is 16.2. The number of esters is 1. The summed E-state index contributed by atoms with van der Waals surface area (Å²) in [6.07, 6.45) is 1.52. The van der Waals surface area contributed by atoms with Gasteiger partial charge in [-0.1, -0.05) is 35.8 Å². The first-order chi connectivity index (χ1) is 11.1. The molecule has 2 aromatic rings. The molecule has 123 valence electrons. The summed E-state index contributed by atoms with van der Waals surface area (Å²) < 4.78 is 12.2. The Morgan fingerprint density at radius 1 is 1.38 bits per heavy atom. The number of benzene rings is 1. The molecule has 1 fully saturated rings. The number of aromatic nitrogens is 2. The minimum atomic E-state index is -0.486. The Morgan fingerprint density at radius 3 is 2.83 bits per heavy atom. The molecule has 0 saturated carbocycles. The fourth-order valence-corrected chi connectivity index (χ4v) is 3.21. The summed E-state index contributed by atoms with van der Waals surface area (Å²) in [7, 11) is 0. The van der Waals surface area contributed by atoms with Crippen molar-refractivity contribution in [3.63, 3.8) is 0 Å². The Kier molecular flexibility index (Phi) is 7.29. The molecule has 2 heterocycles. The Balaban J connectivity index is 0.00000208. The monoisotopic (exact) mass is 559 g/mol. The van der Waals surface area contributed by atoms with Crippen molar-refractivity contribution < 1.29 is 58.3 Å². The molecule has 1 radical (unpaired) electrons. The molecule has 3 rings (SSSR count). The second-order valence-electron chi connectivity index (χ2n) is 4.82. The van der Waals surface area contributed by atoms with Crippen molar-refractivity contribution in [3.05, 3.63) is 64.4 Å². The Hall–Kier alpha value is -0.878. The normalized spacial score (nSPS) is 19.5. The molecule has 0 bridgehead atoms. The number of carbonyl (C=O) groups excluding carboxylic acids is 1. The van der Waals surface area contributed by atoms with Crippen LogP contribution in [0.1, 0.15) is 15.7 Å². The number of hydrogen-bond acceptors (Lipinski definition) is 6. The minimum absolute atomic E-state index is 0. The van der Waals surface area contributed by atoms with E-state index in [0.717, 1.165) is 0 Å². The van der Waals surface area contributed by atoms with Crippen LogP contribution in [0.3, 0.4) is 0 Å². The van der Waals surface area contributed by atoms with E-state index in [9.17, 15) is 9.59 Å². The number of rotatable bonds is 4. The van der Waals surface area contributed by atoms with Gasteiger partial charge < -0.3 is 24.8 Å². The van der Waals surface area contributed by atoms with Crippen LogP contribution in [0, 0.1) is 44.1 Å². The number of nitrogens with zero attached hydrogens (tertiary/aromatic N) is 2. The topological polar surface area (TPSA) is 94.2 Å². The summed E-state index contributed by atoms with van der Waals surface area (Å²) in [5.74, 6) is -0.473. The third kappa shape index (κ3) is 4.82. The van der Waals surface area contributed by atoms with Gasteiger partial charge in [0, 0.05) is 50.3 Å². The van der Waals surface area contributed by atoms with Crippen LogP contribution in [-0.2, 0) is 9.47 Å². The van der Waals surface area contributed by atoms with E-state index in [4.69, 9.17) is 15.2 Å². The van der Waals surface area contributed by atoms with Crippen LogP contribution in [0.5, 0.6) is 0 Å². The van der Waals surface area contributed by atoms with Crippen molar-refractivity contribution >= 4 is 23.5 Å². The average molecular weight is 559 g/mol. The number of thioether (sulfide) groups is 1. The van der Waals surface area contributed by atoms with Gasteiger partial charge in [0.1, 0.15) is 17.4 Å². The van der Waals surface area contributed by atoms with Gasteiger partial charge in [-0.25, -0.2) is 4.79 Å². The number of carbonyl (C=O) groups is 1. The molecular weight excluding hydrogens is 545 g/mol. The summed E-state index contributed by atoms with van der Waals surface area (Å²) in [5, 5.41) is -0.240. The molecule has 1 N–H and O–H groups in total. The third-order valence-electron chi connectivity index (χ3n) is 3.23. The Labute approximate surface area is 178 Å². The maximum atomic E-state index is 11.9. The molecule has 1 aromatic heterocycles. The van der Waals surface area contributed by atoms with E-state index < -0.39 is 11.7 Å². The summed E-state index contributed by atoms with van der Waals surface area (Å²) in [5.41, 5.74) is 6.98. The minimum Gasteiger partial charge on any atom is -0.482 e. The van der Waals surface area contributed by atoms with Gasteiger partial charge >= 0.3 is 5.97 Å². The van der Waals surface area contributed by atoms with Crippen LogP contribution >= 0.6 is 11.8 Å². The van der Waals surface area contributed by atoms with Crippen molar-refractivity contribution in [3.8, 4) is 0 Å². The van der Waals surface area contributed by atoms with Gasteiger partial charge in [-0.05, 0) is 18.2 Å². The first-order valence-corrected chi connectivity index (χ1v) is 7.88. The summed E-state index contributed by atoms with van der Waals surface area (Å²) in [4.78, 5) is 27.2. The van der Waals surface area contributed by atoms with Gasteiger partial charge in [0.2, 0.25) is 5.69 Å². The number of ether oxygens (including phenoxy) is 2. The van der Waals surface area contributed by atoms with Gasteiger partial charge in [0.25, 0.3) is 0 Å². The second kappa shape index (κ2) is 9.00. The van der Waals surface area contributed by atoms with E-state index in [1.54, 1.807) is 24.3 Å². The van der Waals surface area contributed by atoms with Crippen LogP contribution in [0.15, 0.2) is 47.4 Å². The van der Waals surface area contributed by atoms with Crippen molar-refractivity contribution in [2.75, 3.05) is 13.2 Å². The molecule has 2 unspecified atom stereocenters. The van der Waals surface area contributed by atoms with E-state index in [1.807, 2.05) is 6.07 Å². The summed E-state index contributed by atoms with van der Waals surface area (Å²) >= 11 is 1.38. The largest absolute Gasteiger partial charge is 0.482 e. The van der Waals surface area contributed by atoms with Gasteiger partial charge in [-0.15, -0.1) is 0 Å². The van der Waals surface area contributed by atoms with E-state index >= 15 is 0 Å². The van der Waals surface area contributed by atoms with E-state index in [0.29, 0.717) is 12.2 Å². The standard InChI is InChI=1S/C15H15N3O4S.Ac/c16-11-6-7-18(15(20)17-11)12-8-21-13(23-12)9-22-14(19)10-4-2-1-3-5-10;/h1-7,12-13H,8-9H2,(H2,16,17,20);/p-1. The van der Waals surface area contributed by atoms with Gasteiger partial charge in [-0.2, -0.15) is 0 Å². The van der Waals surface area contributed by atoms with Gasteiger partial charge in [0.05, 0.1) is 12.2 Å². The molecule has 24 heavy (non-hydrogen) atoms. The van der Waals surface area contributed by atoms with Crippen LogP contribution in [-0.4, -0.2) is 34.2 Å². The van der Waals surface area contributed by atoms with Crippen molar-refractivity contribution in [2.24, 2.45) is 0 Å². The van der Waals surface area contributed by atoms with Crippen molar-refractivity contribution in [2.45, 2.75) is 10.8 Å². The summed E-state index contributed by atoms with van der Waals surface area (Å²) in [6.45, 7) is 0.421. The smallest absolute Gasteiger partial charge is 0.338 e. The fourth-order valence-electron chi connectivity index (χ4n) is 2.11. The molecule has 1 saturated heterocycles. The number of nitrogens with one attached hydrogen (secondary N) is 1. The predicted molar refractivity (Wildman–Crippen MR) is 85.6 cm³/mol. The number of hydrogen-bond donors (Lipinski definition) is 0. The van der Waals surface area contributed by atoms with Crippen LogP contribution < -0.4 is 5.69 Å². The molecule has 1 aliphatic rings. The maximum absolute atomic E-state index is 11.9. The fraction of sp³-hybridized carbons (Fsp3) is 0.267. The van der Waals surface area contributed by atoms with Crippen molar-refractivity contribution in [1.29, 1.82) is 0 Å². The molecule has 0 aliphatic carbocycles. The molecule has 1 aliphatic heterocycles.